The van der Waals surface area contributed by atoms with Crippen LogP contribution in [0.3, 0.4) is 0 Å². The largest absolute Gasteiger partial charge is 0.371 e. The molecule has 3 atom stereocenters. The molecule has 7 heterocycles. The topological polar surface area (TPSA) is 214 Å². The Morgan fingerprint density at radius 3 is 2.39 bits per heavy atom. The van der Waals surface area contributed by atoms with E-state index in [2.05, 4.69) is 35.6 Å². The van der Waals surface area contributed by atoms with Gasteiger partial charge in [-0.3, -0.25) is 39.1 Å². The molecule has 0 spiro atoms. The number of imide groups is 2. The highest BCUT2D eigenvalue weighted by Crippen LogP contribution is 2.34. The molecule has 5 fully saturated rings. The van der Waals surface area contributed by atoms with Crippen molar-refractivity contribution < 1.29 is 33.2 Å². The van der Waals surface area contributed by atoms with Crippen molar-refractivity contribution in [2.24, 2.45) is 11.7 Å². The molecule has 1 aromatic heterocycles. The Morgan fingerprint density at radius 2 is 1.66 bits per heavy atom. The van der Waals surface area contributed by atoms with Gasteiger partial charge in [0.25, 0.3) is 17.7 Å². The summed E-state index contributed by atoms with van der Waals surface area (Å²) in [4.78, 5) is 93.3. The summed E-state index contributed by atoms with van der Waals surface area (Å²) < 4.78 is 15.8. The third kappa shape index (κ3) is 7.75. The fraction of sp³-hybridized carbons (Fsp3) is 0.488. The fourth-order valence-corrected chi connectivity index (χ4v) is 9.49. The van der Waals surface area contributed by atoms with Gasteiger partial charge in [0, 0.05) is 96.8 Å². The van der Waals surface area contributed by atoms with Crippen molar-refractivity contribution in [3.05, 3.63) is 59.0 Å². The smallest absolute Gasteiger partial charge is 0.320 e. The number of nitrogens with zero attached hydrogens (tertiary/aromatic N) is 10. The molecule has 2 aromatic carbocycles. The standard InChI is InChI=1S/C41H48FN13O6/c1-49-13-18-54(41(49)61)27-3-2-11-53(23-27)40-46-36(34(35(43)57)47-48-40)44-25-4-7-31(30(42)19-25)51-16-14-50(15-17-51)21-24-10-12-52(22-24)26-5-6-28-29(20-26)39(60)55(38(28)59)32-8-9-33(56)45-37(32)58/h4-7,19-20,24,27,32H,2-3,8-18,21-23H2,1H3,(H2,43,57)(H,44,46,48)(H,45,56,58)/t24?,27-,32?/m1/s1. The quantitative estimate of drug-likeness (QED) is 0.245. The molecule has 320 valence electrons. The molecule has 5 saturated heterocycles. The number of piperidine rings is 2. The summed E-state index contributed by atoms with van der Waals surface area (Å²) in [5.74, 6) is -2.61. The minimum Gasteiger partial charge on any atom is -0.371 e. The molecular formula is C41H48FN13O6. The van der Waals surface area contributed by atoms with E-state index in [0.717, 1.165) is 62.6 Å². The van der Waals surface area contributed by atoms with Crippen molar-refractivity contribution in [2.75, 3.05) is 99.1 Å². The van der Waals surface area contributed by atoms with E-state index in [1.165, 1.54) is 6.07 Å². The van der Waals surface area contributed by atoms with Crippen LogP contribution in [0.2, 0.25) is 0 Å². The molecule has 6 aliphatic heterocycles. The summed E-state index contributed by atoms with van der Waals surface area (Å²) in [7, 11) is 1.79. The Kier molecular flexibility index (Phi) is 10.6. The first-order chi connectivity index (χ1) is 29.4. The normalized spacial score (nSPS) is 23.6. The number of hydrogen-bond donors (Lipinski definition) is 3. The fourth-order valence-electron chi connectivity index (χ4n) is 9.49. The number of anilines is 5. The number of rotatable bonds is 10. The van der Waals surface area contributed by atoms with Gasteiger partial charge in [0.05, 0.1) is 22.9 Å². The highest BCUT2D eigenvalue weighted by Gasteiger charge is 2.45. The van der Waals surface area contributed by atoms with Crippen molar-refractivity contribution in [3.63, 3.8) is 0 Å². The van der Waals surface area contributed by atoms with E-state index in [1.54, 1.807) is 36.2 Å². The summed E-state index contributed by atoms with van der Waals surface area (Å²) in [5, 5.41) is 13.5. The number of likely N-dealkylation sites (N-methyl/N-ethyl adjacent to an activating group) is 1. The number of benzene rings is 2. The maximum Gasteiger partial charge on any atom is 0.320 e. The Morgan fingerprint density at radius 1 is 0.852 bits per heavy atom. The number of carbonyl (C=O) groups is 6. The number of carbonyl (C=O) groups excluding carboxylic acids is 6. The van der Waals surface area contributed by atoms with Crippen LogP contribution >= 0.6 is 0 Å². The van der Waals surface area contributed by atoms with Crippen LogP contribution in [-0.4, -0.2) is 161 Å². The van der Waals surface area contributed by atoms with Gasteiger partial charge in [0.2, 0.25) is 17.8 Å². The van der Waals surface area contributed by atoms with Crippen LogP contribution in [0, 0.1) is 11.7 Å². The lowest BCUT2D eigenvalue weighted by Crippen LogP contribution is -2.54. The van der Waals surface area contributed by atoms with Crippen LogP contribution in [0.25, 0.3) is 0 Å². The number of primary amides is 1. The summed E-state index contributed by atoms with van der Waals surface area (Å²) in [5.41, 5.74) is 7.66. The van der Waals surface area contributed by atoms with E-state index < -0.39 is 41.4 Å². The second-order valence-electron chi connectivity index (χ2n) is 16.7. The Hall–Kier alpha value is -6.44. The van der Waals surface area contributed by atoms with E-state index in [1.807, 2.05) is 20.8 Å². The average Bonchev–Trinajstić information content (AvgIpc) is 3.93. The molecule has 9 rings (SSSR count). The predicted molar refractivity (Wildman–Crippen MR) is 220 cm³/mol. The minimum atomic E-state index is -1.00. The molecule has 2 unspecified atom stereocenters. The average molecular weight is 838 g/mol. The zero-order valence-electron chi connectivity index (χ0n) is 33.9. The number of piperazine rings is 1. The zero-order valence-corrected chi connectivity index (χ0v) is 33.9. The van der Waals surface area contributed by atoms with Crippen LogP contribution in [0.4, 0.5) is 38.0 Å². The van der Waals surface area contributed by atoms with Crippen LogP contribution in [0.5, 0.6) is 0 Å². The lowest BCUT2D eigenvalue weighted by atomic mass is 10.0. The molecule has 0 saturated carbocycles. The van der Waals surface area contributed by atoms with Crippen molar-refractivity contribution in [1.82, 2.24) is 40.1 Å². The first-order valence-electron chi connectivity index (χ1n) is 20.9. The number of aromatic nitrogens is 3. The molecule has 3 aromatic rings. The van der Waals surface area contributed by atoms with Gasteiger partial charge < -0.3 is 35.6 Å². The van der Waals surface area contributed by atoms with Crippen LogP contribution in [0.1, 0.15) is 63.3 Å². The molecule has 4 N–H and O–H groups in total. The van der Waals surface area contributed by atoms with E-state index in [4.69, 9.17) is 5.73 Å². The molecule has 20 heteroatoms. The van der Waals surface area contributed by atoms with Crippen LogP contribution in [0.15, 0.2) is 36.4 Å². The van der Waals surface area contributed by atoms with E-state index in [9.17, 15) is 28.8 Å². The molecule has 0 radical (unpaired) electrons. The summed E-state index contributed by atoms with van der Waals surface area (Å²) in [6.07, 6.45) is 2.81. The maximum atomic E-state index is 15.8. The van der Waals surface area contributed by atoms with E-state index in [0.29, 0.717) is 56.6 Å². The first kappa shape index (κ1) is 40.0. The number of fused-ring (bicyclic) bond motifs is 1. The van der Waals surface area contributed by atoms with Gasteiger partial charge in [-0.1, -0.05) is 0 Å². The summed E-state index contributed by atoms with van der Waals surface area (Å²) in [6.45, 7) is 7.70. The van der Waals surface area contributed by atoms with Crippen molar-refractivity contribution >= 4 is 64.4 Å². The molecule has 61 heavy (non-hydrogen) atoms. The van der Waals surface area contributed by atoms with Gasteiger partial charge in [-0.05, 0) is 68.0 Å². The Bertz CT molecular complexity index is 2310. The molecular weight excluding hydrogens is 790 g/mol. The van der Waals surface area contributed by atoms with Gasteiger partial charge in [-0.15, -0.1) is 10.2 Å². The number of hydrogen-bond acceptors (Lipinski definition) is 14. The van der Waals surface area contributed by atoms with E-state index in [-0.39, 0.29) is 53.5 Å². The highest BCUT2D eigenvalue weighted by atomic mass is 19.1. The number of nitrogens with one attached hydrogen (secondary N) is 2. The molecule has 19 nitrogen and oxygen atoms in total. The summed E-state index contributed by atoms with van der Waals surface area (Å²) in [6, 6.07) is 9.02. The second kappa shape index (κ2) is 16.2. The van der Waals surface area contributed by atoms with Crippen molar-refractivity contribution in [2.45, 2.75) is 44.2 Å². The SMILES string of the molecule is CN1CCN([C@@H]2CCCN(c3nnc(C(N)=O)c(Nc4ccc(N5CCN(CC6CCN(c7ccc8c(c7)C(=O)N(C7CCC(=O)NC7=O)C8=O)C6)CC5)c(F)c4)n3)C2)C1=O. The van der Waals surface area contributed by atoms with E-state index >= 15 is 4.39 Å². The molecule has 7 amide bonds. The zero-order chi connectivity index (χ0) is 42.5. The molecule has 6 aliphatic rings. The predicted octanol–water partition coefficient (Wildman–Crippen LogP) is 1.24. The number of halogens is 1. The van der Waals surface area contributed by atoms with Gasteiger partial charge in [-0.2, -0.15) is 4.98 Å². The van der Waals surface area contributed by atoms with Gasteiger partial charge >= 0.3 is 6.03 Å². The number of nitrogens with two attached hydrogens (primary N) is 1. The second-order valence-corrected chi connectivity index (χ2v) is 16.7. The first-order valence-corrected chi connectivity index (χ1v) is 20.9. The Labute approximate surface area is 351 Å². The summed E-state index contributed by atoms with van der Waals surface area (Å²) >= 11 is 0. The van der Waals surface area contributed by atoms with Gasteiger partial charge in [0.15, 0.2) is 11.5 Å². The van der Waals surface area contributed by atoms with Gasteiger partial charge in [-0.25, -0.2) is 9.18 Å². The monoisotopic (exact) mass is 837 g/mol. The third-order valence-electron chi connectivity index (χ3n) is 12.8. The minimum absolute atomic E-state index is 0.000567. The lowest BCUT2D eigenvalue weighted by Gasteiger charge is -2.37. The van der Waals surface area contributed by atoms with Gasteiger partial charge in [0.1, 0.15) is 11.9 Å². The van der Waals surface area contributed by atoms with Crippen LogP contribution < -0.4 is 31.1 Å². The van der Waals surface area contributed by atoms with Crippen LogP contribution in [-0.2, 0) is 9.59 Å². The molecule has 0 aliphatic carbocycles. The third-order valence-corrected chi connectivity index (χ3v) is 12.8. The Balaban J connectivity index is 0.786. The highest BCUT2D eigenvalue weighted by molar-refractivity contribution is 6.23. The lowest BCUT2D eigenvalue weighted by molar-refractivity contribution is -0.136. The molecule has 0 bridgehead atoms. The van der Waals surface area contributed by atoms with Crippen molar-refractivity contribution in [1.29, 1.82) is 0 Å². The number of amides is 7. The van der Waals surface area contributed by atoms with Crippen molar-refractivity contribution in [3.8, 4) is 0 Å². The maximum absolute atomic E-state index is 15.8. The number of urea groups is 1.